The molecule has 2 N–H and O–H groups in total. The van der Waals surface area contributed by atoms with E-state index < -0.39 is 16.0 Å². The van der Waals surface area contributed by atoms with E-state index in [2.05, 4.69) is 15.9 Å². The number of sulfonamides is 1. The summed E-state index contributed by atoms with van der Waals surface area (Å²) in [6, 6.07) is 1.05. The summed E-state index contributed by atoms with van der Waals surface area (Å²) in [6.45, 7) is 0.312. The molecule has 0 amide bonds. The summed E-state index contributed by atoms with van der Waals surface area (Å²) in [5.74, 6) is -0.214. The molecule has 1 aromatic heterocycles. The molecule has 0 radical (unpaired) electrons. The zero-order valence-corrected chi connectivity index (χ0v) is 11.8. The fourth-order valence-corrected chi connectivity index (χ4v) is 2.94. The zero-order valence-electron chi connectivity index (χ0n) is 9.39. The summed E-state index contributed by atoms with van der Waals surface area (Å²) in [5, 5.41) is 4.95. The second-order valence-electron chi connectivity index (χ2n) is 4.16. The van der Waals surface area contributed by atoms with E-state index in [9.17, 15) is 13.2 Å². The van der Waals surface area contributed by atoms with Crippen LogP contribution in [0, 0.1) is 5.92 Å². The number of rotatable bonds is 5. The normalized spacial score (nSPS) is 15.7. The number of esters is 1. The van der Waals surface area contributed by atoms with E-state index in [1.165, 1.54) is 12.8 Å². The van der Waals surface area contributed by atoms with Crippen LogP contribution in [0.3, 0.4) is 0 Å². The third kappa shape index (κ3) is 3.33. The van der Waals surface area contributed by atoms with E-state index >= 15 is 0 Å². The lowest BCUT2D eigenvalue weighted by Gasteiger charge is -2.00. The van der Waals surface area contributed by atoms with Crippen LogP contribution in [0.5, 0.6) is 0 Å². The highest BCUT2D eigenvalue weighted by atomic mass is 79.9. The average molecular weight is 338 g/mol. The Morgan fingerprint density at radius 3 is 2.72 bits per heavy atom. The topological polar surface area (TPSA) is 99.6 Å². The molecule has 0 aliphatic heterocycles. The van der Waals surface area contributed by atoms with Gasteiger partial charge in [0.15, 0.2) is 4.67 Å². The van der Waals surface area contributed by atoms with Crippen molar-refractivity contribution in [3.05, 3.63) is 16.5 Å². The number of halogens is 1. The van der Waals surface area contributed by atoms with Crippen molar-refractivity contribution in [1.29, 1.82) is 0 Å². The van der Waals surface area contributed by atoms with Gasteiger partial charge in [-0.1, -0.05) is 12.8 Å². The molecule has 0 unspecified atom stereocenters. The van der Waals surface area contributed by atoms with Gasteiger partial charge < -0.3 is 9.15 Å². The third-order valence-corrected chi connectivity index (χ3v) is 4.39. The number of hydrogen-bond donors (Lipinski definition) is 1. The molecule has 1 aliphatic rings. The third-order valence-electron chi connectivity index (χ3n) is 2.62. The van der Waals surface area contributed by atoms with Crippen LogP contribution in [0.15, 0.2) is 20.0 Å². The summed E-state index contributed by atoms with van der Waals surface area (Å²) in [7, 11) is -3.92. The number of furan rings is 1. The molecule has 100 valence electrons. The van der Waals surface area contributed by atoms with Gasteiger partial charge in [-0.25, -0.2) is 18.4 Å². The smallest absolute Gasteiger partial charge is 0.374 e. The highest BCUT2D eigenvalue weighted by Gasteiger charge is 2.24. The van der Waals surface area contributed by atoms with Crippen LogP contribution in [-0.2, 0) is 14.8 Å². The molecule has 2 rings (SSSR count). The monoisotopic (exact) mass is 337 g/mol. The van der Waals surface area contributed by atoms with Crippen molar-refractivity contribution in [2.24, 2.45) is 11.1 Å². The Bertz CT molecular complexity index is 561. The fourth-order valence-electron chi connectivity index (χ4n) is 1.44. The number of hydrogen-bond acceptors (Lipinski definition) is 5. The first-order valence-electron chi connectivity index (χ1n) is 5.37. The first-order chi connectivity index (χ1) is 8.38. The molecule has 18 heavy (non-hydrogen) atoms. The summed E-state index contributed by atoms with van der Waals surface area (Å²) in [6.07, 6.45) is 3.19. The summed E-state index contributed by atoms with van der Waals surface area (Å²) < 4.78 is 32.1. The van der Waals surface area contributed by atoms with Crippen LogP contribution in [0.2, 0.25) is 0 Å². The molecule has 0 aromatic carbocycles. The van der Waals surface area contributed by atoms with Crippen molar-refractivity contribution in [2.75, 3.05) is 6.61 Å². The second kappa shape index (κ2) is 5.02. The van der Waals surface area contributed by atoms with Gasteiger partial charge in [-0.05, 0) is 28.3 Å². The van der Waals surface area contributed by atoms with E-state index in [0.29, 0.717) is 12.5 Å². The Hall–Kier alpha value is -0.860. The maximum absolute atomic E-state index is 11.6. The Morgan fingerprint density at radius 1 is 1.56 bits per heavy atom. The van der Waals surface area contributed by atoms with Gasteiger partial charge in [-0.3, -0.25) is 0 Å². The number of primary sulfonamides is 1. The highest BCUT2D eigenvalue weighted by molar-refractivity contribution is 9.10. The zero-order chi connectivity index (χ0) is 13.3. The van der Waals surface area contributed by atoms with E-state index in [1.54, 1.807) is 0 Å². The molecule has 0 atom stereocenters. The van der Waals surface area contributed by atoms with E-state index in [1.807, 2.05) is 0 Å². The Kier molecular flexibility index (Phi) is 3.79. The Morgan fingerprint density at radius 2 is 2.22 bits per heavy atom. The summed E-state index contributed by atoms with van der Waals surface area (Å²) in [5.41, 5.74) is 0. The lowest BCUT2D eigenvalue weighted by molar-refractivity contribution is 0.0457. The van der Waals surface area contributed by atoms with Crippen LogP contribution < -0.4 is 5.14 Å². The molecule has 1 heterocycles. The van der Waals surface area contributed by atoms with E-state index in [0.717, 1.165) is 12.5 Å². The summed E-state index contributed by atoms with van der Waals surface area (Å²) in [4.78, 5) is 11.3. The van der Waals surface area contributed by atoms with Gasteiger partial charge in [-0.2, -0.15) is 0 Å². The Labute approximate surface area is 113 Å². The van der Waals surface area contributed by atoms with Gasteiger partial charge in [0.2, 0.25) is 15.8 Å². The largest absolute Gasteiger partial charge is 0.460 e. The molecule has 8 heteroatoms. The van der Waals surface area contributed by atoms with Gasteiger partial charge >= 0.3 is 5.97 Å². The average Bonchev–Trinajstić information content (AvgIpc) is 2.98. The van der Waals surface area contributed by atoms with Crippen molar-refractivity contribution in [2.45, 2.75) is 24.2 Å². The minimum Gasteiger partial charge on any atom is -0.460 e. The SMILES string of the molecule is NS(=O)(=O)c1cc(C(=O)OCCC2CC2)oc1Br. The second-order valence-corrected chi connectivity index (χ2v) is 6.41. The molecule has 0 spiro atoms. The number of carbonyl (C=O) groups is 1. The molecular weight excluding hydrogens is 326 g/mol. The van der Waals surface area contributed by atoms with Crippen molar-refractivity contribution in [1.82, 2.24) is 0 Å². The van der Waals surface area contributed by atoms with Crippen LogP contribution in [-0.4, -0.2) is 21.0 Å². The lowest BCUT2D eigenvalue weighted by atomic mass is 10.3. The minimum atomic E-state index is -3.92. The standard InChI is InChI=1S/C10H12BrNO5S/c11-9-8(18(12,14)15)5-7(17-9)10(13)16-4-3-6-1-2-6/h5-6H,1-4H2,(H2,12,14,15). The highest BCUT2D eigenvalue weighted by Crippen LogP contribution is 2.32. The molecule has 1 aromatic rings. The predicted octanol–water partition coefficient (Wildman–Crippen LogP) is 1.65. The number of nitrogens with two attached hydrogens (primary N) is 1. The van der Waals surface area contributed by atoms with Crippen LogP contribution in [0.1, 0.15) is 29.8 Å². The number of ether oxygens (including phenoxy) is 1. The quantitative estimate of drug-likeness (QED) is 0.823. The number of carbonyl (C=O) groups excluding carboxylic acids is 1. The summed E-state index contributed by atoms with van der Waals surface area (Å²) >= 11 is 2.89. The molecule has 1 fully saturated rings. The predicted molar refractivity (Wildman–Crippen MR) is 65.4 cm³/mol. The maximum atomic E-state index is 11.6. The molecular formula is C10H12BrNO5S. The van der Waals surface area contributed by atoms with Crippen LogP contribution in [0.4, 0.5) is 0 Å². The Balaban J connectivity index is 2.01. The van der Waals surface area contributed by atoms with Gasteiger partial charge in [0.05, 0.1) is 6.61 Å². The first-order valence-corrected chi connectivity index (χ1v) is 7.71. The van der Waals surface area contributed by atoms with Crippen molar-refractivity contribution in [3.63, 3.8) is 0 Å². The van der Waals surface area contributed by atoms with Crippen molar-refractivity contribution in [3.8, 4) is 0 Å². The molecule has 6 nitrogen and oxygen atoms in total. The molecule has 0 bridgehead atoms. The molecule has 0 saturated heterocycles. The molecule has 1 saturated carbocycles. The van der Waals surface area contributed by atoms with E-state index in [-0.39, 0.29) is 15.3 Å². The lowest BCUT2D eigenvalue weighted by Crippen LogP contribution is -2.11. The van der Waals surface area contributed by atoms with Crippen LogP contribution >= 0.6 is 15.9 Å². The molecule has 1 aliphatic carbocycles. The van der Waals surface area contributed by atoms with Gasteiger partial charge in [0.25, 0.3) is 0 Å². The van der Waals surface area contributed by atoms with Crippen LogP contribution in [0.25, 0.3) is 0 Å². The fraction of sp³-hybridized carbons (Fsp3) is 0.500. The minimum absolute atomic E-state index is 0.0980. The van der Waals surface area contributed by atoms with Gasteiger partial charge in [-0.15, -0.1) is 0 Å². The maximum Gasteiger partial charge on any atom is 0.374 e. The van der Waals surface area contributed by atoms with Crippen molar-refractivity contribution >= 4 is 31.9 Å². The first kappa shape index (κ1) is 13.6. The van der Waals surface area contributed by atoms with Gasteiger partial charge in [0.1, 0.15) is 4.90 Å². The van der Waals surface area contributed by atoms with Gasteiger partial charge in [0, 0.05) is 6.07 Å². The van der Waals surface area contributed by atoms with Crippen molar-refractivity contribution < 1.29 is 22.4 Å². The van der Waals surface area contributed by atoms with E-state index in [4.69, 9.17) is 14.3 Å².